The molecule has 0 aliphatic heterocycles. The minimum Gasteiger partial charge on any atom is -0.465 e. The van der Waals surface area contributed by atoms with E-state index >= 15 is 0 Å². The van der Waals surface area contributed by atoms with E-state index in [-0.39, 0.29) is 6.54 Å². The Kier molecular flexibility index (Phi) is 3.51. The van der Waals surface area contributed by atoms with Crippen molar-refractivity contribution in [3.63, 3.8) is 0 Å². The van der Waals surface area contributed by atoms with E-state index in [1.54, 1.807) is 24.5 Å². The summed E-state index contributed by atoms with van der Waals surface area (Å²) in [5.74, 6) is 0.680. The van der Waals surface area contributed by atoms with Crippen molar-refractivity contribution in [3.05, 3.63) is 35.5 Å². The molecule has 0 saturated carbocycles. The molecule has 17 heavy (non-hydrogen) atoms. The van der Waals surface area contributed by atoms with Gasteiger partial charge in [-0.2, -0.15) is 0 Å². The van der Waals surface area contributed by atoms with E-state index in [9.17, 15) is 4.79 Å². The van der Waals surface area contributed by atoms with Gasteiger partial charge in [-0.15, -0.1) is 11.3 Å². The molecule has 0 spiro atoms. The summed E-state index contributed by atoms with van der Waals surface area (Å²) in [7, 11) is 0. The van der Waals surface area contributed by atoms with Crippen LogP contribution in [0.4, 0.5) is 15.7 Å². The largest absolute Gasteiger partial charge is 0.465 e. The van der Waals surface area contributed by atoms with E-state index in [2.05, 4.69) is 20.6 Å². The minimum atomic E-state index is -1.05. The van der Waals surface area contributed by atoms with Crippen molar-refractivity contribution in [2.75, 3.05) is 5.32 Å². The maximum Gasteiger partial charge on any atom is 0.404 e. The highest BCUT2D eigenvalue weighted by Gasteiger charge is 2.00. The lowest BCUT2D eigenvalue weighted by atomic mass is 10.3. The Labute approximate surface area is 101 Å². The third-order valence-electron chi connectivity index (χ3n) is 1.94. The number of carbonyl (C=O) groups is 1. The number of hydrogen-bond acceptors (Lipinski definition) is 5. The third-order valence-corrected chi connectivity index (χ3v) is 2.62. The molecule has 6 nitrogen and oxygen atoms in total. The molecule has 2 aromatic heterocycles. The second-order valence-electron chi connectivity index (χ2n) is 3.17. The molecule has 3 N–H and O–H groups in total. The fourth-order valence-corrected chi connectivity index (χ4v) is 1.71. The molecule has 0 unspecified atom stereocenters. The molecule has 1 amide bonds. The number of nitrogens with one attached hydrogen (secondary N) is 2. The number of nitrogens with zero attached hydrogens (tertiary/aromatic N) is 2. The Balaban J connectivity index is 1.95. The molecule has 0 aliphatic rings. The summed E-state index contributed by atoms with van der Waals surface area (Å²) >= 11 is 1.48. The van der Waals surface area contributed by atoms with Gasteiger partial charge >= 0.3 is 6.09 Å². The normalized spacial score (nSPS) is 9.88. The van der Waals surface area contributed by atoms with Gasteiger partial charge in [-0.1, -0.05) is 6.07 Å². The number of anilines is 2. The van der Waals surface area contributed by atoms with Gasteiger partial charge in [-0.05, 0) is 11.6 Å². The van der Waals surface area contributed by atoms with Crippen LogP contribution < -0.4 is 10.6 Å². The molecular weight excluding hydrogens is 240 g/mol. The molecule has 0 fully saturated rings. The first-order valence-corrected chi connectivity index (χ1v) is 5.70. The van der Waals surface area contributed by atoms with Crippen LogP contribution in [0.2, 0.25) is 0 Å². The van der Waals surface area contributed by atoms with E-state index in [1.807, 2.05) is 5.38 Å². The van der Waals surface area contributed by atoms with E-state index in [1.165, 1.54) is 11.3 Å². The van der Waals surface area contributed by atoms with E-state index < -0.39 is 6.09 Å². The monoisotopic (exact) mass is 250 g/mol. The zero-order valence-electron chi connectivity index (χ0n) is 8.75. The van der Waals surface area contributed by atoms with Gasteiger partial charge in [0.1, 0.15) is 5.82 Å². The van der Waals surface area contributed by atoms with Crippen LogP contribution >= 0.6 is 11.3 Å². The van der Waals surface area contributed by atoms with Gasteiger partial charge in [0, 0.05) is 24.3 Å². The van der Waals surface area contributed by atoms with Crippen molar-refractivity contribution in [1.82, 2.24) is 15.3 Å². The summed E-state index contributed by atoms with van der Waals surface area (Å²) in [6.07, 6.45) is 2.28. The lowest BCUT2D eigenvalue weighted by Crippen LogP contribution is -2.19. The summed E-state index contributed by atoms with van der Waals surface area (Å²) in [6.45, 7) is 0.250. The van der Waals surface area contributed by atoms with Crippen LogP contribution in [0.1, 0.15) is 5.56 Å². The van der Waals surface area contributed by atoms with Crippen molar-refractivity contribution < 1.29 is 9.90 Å². The summed E-state index contributed by atoms with van der Waals surface area (Å²) in [5, 5.41) is 16.4. The van der Waals surface area contributed by atoms with Crippen LogP contribution in [0, 0.1) is 0 Å². The van der Waals surface area contributed by atoms with E-state index in [0.717, 1.165) is 10.7 Å². The molecule has 0 bridgehead atoms. The summed E-state index contributed by atoms with van der Waals surface area (Å²) < 4.78 is 0. The molecule has 0 aliphatic carbocycles. The molecule has 0 saturated heterocycles. The van der Waals surface area contributed by atoms with Gasteiger partial charge in [-0.25, -0.2) is 14.8 Å². The predicted octanol–water partition coefficient (Wildman–Crippen LogP) is 2.05. The van der Waals surface area contributed by atoms with Crippen molar-refractivity contribution in [2.45, 2.75) is 6.54 Å². The van der Waals surface area contributed by atoms with E-state index in [0.29, 0.717) is 5.82 Å². The molecule has 2 heterocycles. The highest BCUT2D eigenvalue weighted by molar-refractivity contribution is 7.13. The fraction of sp³-hybridized carbons (Fsp3) is 0.100. The van der Waals surface area contributed by atoms with Gasteiger partial charge in [-0.3, -0.25) is 0 Å². The first-order chi connectivity index (χ1) is 8.24. The summed E-state index contributed by atoms with van der Waals surface area (Å²) in [4.78, 5) is 18.5. The molecule has 0 radical (unpaired) electrons. The third kappa shape index (κ3) is 3.42. The molecule has 88 valence electrons. The van der Waals surface area contributed by atoms with Crippen LogP contribution in [0.15, 0.2) is 29.9 Å². The fourth-order valence-electron chi connectivity index (χ4n) is 1.18. The average Bonchev–Trinajstić information content (AvgIpc) is 2.81. The van der Waals surface area contributed by atoms with Gasteiger partial charge in [0.15, 0.2) is 5.13 Å². The number of rotatable bonds is 4. The Hall–Kier alpha value is -2.15. The number of hydrogen-bond donors (Lipinski definition) is 3. The maximum absolute atomic E-state index is 10.3. The molecule has 0 aromatic carbocycles. The average molecular weight is 250 g/mol. The van der Waals surface area contributed by atoms with Gasteiger partial charge in [0.2, 0.25) is 0 Å². The zero-order valence-corrected chi connectivity index (χ0v) is 9.57. The number of thiazole rings is 1. The van der Waals surface area contributed by atoms with E-state index in [4.69, 9.17) is 5.11 Å². The Morgan fingerprint density at radius 3 is 2.88 bits per heavy atom. The number of pyridine rings is 1. The first-order valence-electron chi connectivity index (χ1n) is 4.82. The highest BCUT2D eigenvalue weighted by Crippen LogP contribution is 2.16. The molecule has 2 aromatic rings. The minimum absolute atomic E-state index is 0.250. The zero-order chi connectivity index (χ0) is 12.1. The summed E-state index contributed by atoms with van der Waals surface area (Å²) in [6, 6.07) is 3.58. The van der Waals surface area contributed by atoms with Crippen molar-refractivity contribution in [1.29, 1.82) is 0 Å². The number of carboxylic acid groups (broad SMARTS) is 1. The van der Waals surface area contributed by atoms with Crippen LogP contribution in [0.25, 0.3) is 0 Å². The second-order valence-corrected chi connectivity index (χ2v) is 4.07. The molecular formula is C10H10N4O2S. The van der Waals surface area contributed by atoms with Crippen molar-refractivity contribution in [3.8, 4) is 0 Å². The Morgan fingerprint density at radius 2 is 2.29 bits per heavy atom. The first kappa shape index (κ1) is 11.3. The Bertz CT molecular complexity index is 484. The quantitative estimate of drug-likeness (QED) is 0.773. The lowest BCUT2D eigenvalue weighted by Gasteiger charge is -2.03. The second kappa shape index (κ2) is 5.26. The SMILES string of the molecule is O=C(O)NCc1ccc(Nc2nccs2)nc1. The summed E-state index contributed by atoms with van der Waals surface area (Å²) in [5.41, 5.74) is 0.803. The topological polar surface area (TPSA) is 87.1 Å². The van der Waals surface area contributed by atoms with Crippen molar-refractivity contribution >= 4 is 28.4 Å². The Morgan fingerprint density at radius 1 is 1.41 bits per heavy atom. The van der Waals surface area contributed by atoms with Gasteiger partial charge < -0.3 is 15.7 Å². The maximum atomic E-state index is 10.3. The van der Waals surface area contributed by atoms with Crippen LogP contribution in [-0.2, 0) is 6.54 Å². The highest BCUT2D eigenvalue weighted by atomic mass is 32.1. The number of aromatic nitrogens is 2. The van der Waals surface area contributed by atoms with Crippen LogP contribution in [-0.4, -0.2) is 21.2 Å². The molecule has 0 atom stereocenters. The standard InChI is InChI=1S/C10H10N4O2S/c15-10(16)13-6-7-1-2-8(12-5-7)14-9-11-3-4-17-9/h1-5,13H,6H2,(H,15,16)(H,11,12,14). The predicted molar refractivity (Wildman–Crippen MR) is 64.5 cm³/mol. The van der Waals surface area contributed by atoms with Crippen LogP contribution in [0.5, 0.6) is 0 Å². The lowest BCUT2D eigenvalue weighted by molar-refractivity contribution is 0.194. The van der Waals surface area contributed by atoms with Crippen LogP contribution in [0.3, 0.4) is 0 Å². The van der Waals surface area contributed by atoms with Gasteiger partial charge in [0.25, 0.3) is 0 Å². The number of amides is 1. The van der Waals surface area contributed by atoms with Gasteiger partial charge in [0.05, 0.1) is 0 Å². The smallest absolute Gasteiger partial charge is 0.404 e. The molecule has 2 rings (SSSR count). The van der Waals surface area contributed by atoms with Crippen molar-refractivity contribution in [2.24, 2.45) is 0 Å². The molecule has 7 heteroatoms.